The zero-order valence-corrected chi connectivity index (χ0v) is 12.6. The van der Waals surface area contributed by atoms with E-state index in [4.69, 9.17) is 9.47 Å². The summed E-state index contributed by atoms with van der Waals surface area (Å²) in [4.78, 5) is 28.8. The van der Waals surface area contributed by atoms with Crippen LogP contribution in [0.4, 0.5) is 0 Å². The van der Waals surface area contributed by atoms with Crippen LogP contribution in [0.3, 0.4) is 0 Å². The number of esters is 2. The molecular weight excluding hydrogens is 284 g/mol. The van der Waals surface area contributed by atoms with E-state index in [0.717, 1.165) is 22.2 Å². The average molecular weight is 302 g/mol. The Kier molecular flexibility index (Phi) is 3.85. The molecule has 1 aliphatic rings. The standard InChI is InChI=1S/C16H18N2O4/c1-21-15(19)9-18-8-13-11(7-14(18)16(20)22-2)10-5-3-4-6-12(10)17-13/h3-6,14,17H,7-9H2,1-2H3/t14-/m0/s1. The number of H-pyrrole nitrogens is 1. The number of para-hydroxylation sites is 1. The van der Waals surface area contributed by atoms with E-state index < -0.39 is 6.04 Å². The fourth-order valence-corrected chi connectivity index (χ4v) is 3.02. The van der Waals surface area contributed by atoms with Gasteiger partial charge in [0.2, 0.25) is 0 Å². The number of nitrogens with one attached hydrogen (secondary N) is 1. The molecule has 1 aliphatic heterocycles. The third-order valence-corrected chi connectivity index (χ3v) is 4.13. The van der Waals surface area contributed by atoms with Gasteiger partial charge in [0.15, 0.2) is 0 Å². The van der Waals surface area contributed by atoms with Gasteiger partial charge in [0.05, 0.1) is 20.8 Å². The molecule has 0 spiro atoms. The number of carbonyl (C=O) groups excluding carboxylic acids is 2. The first-order valence-electron chi connectivity index (χ1n) is 7.11. The van der Waals surface area contributed by atoms with Crippen molar-refractivity contribution in [2.24, 2.45) is 0 Å². The molecule has 0 saturated heterocycles. The summed E-state index contributed by atoms with van der Waals surface area (Å²) in [5.41, 5.74) is 3.19. The fraction of sp³-hybridized carbons (Fsp3) is 0.375. The quantitative estimate of drug-likeness (QED) is 0.864. The molecule has 0 amide bonds. The maximum atomic E-state index is 12.1. The molecule has 2 heterocycles. The van der Waals surface area contributed by atoms with Crippen LogP contribution in [0.5, 0.6) is 0 Å². The second-order valence-electron chi connectivity index (χ2n) is 5.35. The highest BCUT2D eigenvalue weighted by Gasteiger charge is 2.35. The van der Waals surface area contributed by atoms with Gasteiger partial charge in [-0.25, -0.2) is 0 Å². The lowest BCUT2D eigenvalue weighted by molar-refractivity contribution is -0.151. The number of aromatic nitrogens is 1. The van der Waals surface area contributed by atoms with Crippen LogP contribution in [-0.2, 0) is 32.0 Å². The molecule has 22 heavy (non-hydrogen) atoms. The molecule has 1 aromatic carbocycles. The third kappa shape index (κ3) is 2.46. The second-order valence-corrected chi connectivity index (χ2v) is 5.35. The molecule has 2 aromatic rings. The average Bonchev–Trinajstić information content (AvgIpc) is 2.90. The van der Waals surface area contributed by atoms with Crippen LogP contribution in [0, 0.1) is 0 Å². The smallest absolute Gasteiger partial charge is 0.323 e. The van der Waals surface area contributed by atoms with Gasteiger partial charge < -0.3 is 14.5 Å². The van der Waals surface area contributed by atoms with Crippen LogP contribution in [0.25, 0.3) is 10.9 Å². The summed E-state index contributed by atoms with van der Waals surface area (Å²) in [5.74, 6) is -0.701. The van der Waals surface area contributed by atoms with Gasteiger partial charge in [-0.2, -0.15) is 0 Å². The summed E-state index contributed by atoms with van der Waals surface area (Å²) in [7, 11) is 2.71. The Labute approximate surface area is 128 Å². The number of hydrogen-bond donors (Lipinski definition) is 1. The van der Waals surface area contributed by atoms with Crippen molar-refractivity contribution in [3.63, 3.8) is 0 Å². The minimum Gasteiger partial charge on any atom is -0.468 e. The van der Waals surface area contributed by atoms with Gasteiger partial charge >= 0.3 is 11.9 Å². The Balaban J connectivity index is 1.98. The Morgan fingerprint density at radius 3 is 2.77 bits per heavy atom. The molecule has 6 heteroatoms. The van der Waals surface area contributed by atoms with Crippen LogP contribution in [0.2, 0.25) is 0 Å². The monoisotopic (exact) mass is 302 g/mol. The number of rotatable bonds is 3. The van der Waals surface area contributed by atoms with E-state index in [1.165, 1.54) is 14.2 Å². The fourth-order valence-electron chi connectivity index (χ4n) is 3.02. The van der Waals surface area contributed by atoms with Gasteiger partial charge in [-0.1, -0.05) is 18.2 Å². The molecule has 0 saturated carbocycles. The summed E-state index contributed by atoms with van der Waals surface area (Å²) in [6.07, 6.45) is 0.517. The molecule has 6 nitrogen and oxygen atoms in total. The maximum absolute atomic E-state index is 12.1. The molecule has 0 bridgehead atoms. The molecule has 0 unspecified atom stereocenters. The number of benzene rings is 1. The van der Waals surface area contributed by atoms with Crippen molar-refractivity contribution < 1.29 is 19.1 Å². The third-order valence-electron chi connectivity index (χ3n) is 4.13. The highest BCUT2D eigenvalue weighted by molar-refractivity contribution is 5.87. The SMILES string of the molecule is COC(=O)CN1Cc2[nH]c3ccccc3c2C[C@H]1C(=O)OC. The highest BCUT2D eigenvalue weighted by atomic mass is 16.5. The topological polar surface area (TPSA) is 71.6 Å². The Bertz CT molecular complexity index is 722. The Morgan fingerprint density at radius 1 is 1.27 bits per heavy atom. The van der Waals surface area contributed by atoms with Gasteiger partial charge in [0.25, 0.3) is 0 Å². The number of hydrogen-bond acceptors (Lipinski definition) is 5. The van der Waals surface area contributed by atoms with Crippen molar-refractivity contribution in [1.82, 2.24) is 9.88 Å². The summed E-state index contributed by atoms with van der Waals surface area (Å²) in [6, 6.07) is 7.51. The van der Waals surface area contributed by atoms with Crippen LogP contribution in [-0.4, -0.2) is 48.6 Å². The number of nitrogens with zero attached hydrogens (tertiary/aromatic N) is 1. The van der Waals surface area contributed by atoms with Crippen LogP contribution in [0.1, 0.15) is 11.3 Å². The highest BCUT2D eigenvalue weighted by Crippen LogP contribution is 2.30. The van der Waals surface area contributed by atoms with Crippen molar-refractivity contribution >= 4 is 22.8 Å². The Hall–Kier alpha value is -2.34. The van der Waals surface area contributed by atoms with Gasteiger partial charge in [-0.3, -0.25) is 14.5 Å². The summed E-state index contributed by atoms with van der Waals surface area (Å²) in [6.45, 7) is 0.546. The lowest BCUT2D eigenvalue weighted by Crippen LogP contribution is -2.48. The van der Waals surface area contributed by atoms with Crippen molar-refractivity contribution in [3.05, 3.63) is 35.5 Å². The van der Waals surface area contributed by atoms with Crippen LogP contribution < -0.4 is 0 Å². The zero-order valence-electron chi connectivity index (χ0n) is 12.6. The second kappa shape index (κ2) is 5.81. The molecular formula is C16H18N2O4. The first-order chi connectivity index (χ1) is 10.6. The predicted octanol–water partition coefficient (Wildman–Crippen LogP) is 1.24. The van der Waals surface area contributed by atoms with E-state index in [0.29, 0.717) is 13.0 Å². The van der Waals surface area contributed by atoms with Crippen LogP contribution in [0.15, 0.2) is 24.3 Å². The van der Waals surface area contributed by atoms with Gasteiger partial charge in [-0.05, 0) is 11.6 Å². The number of fused-ring (bicyclic) bond motifs is 3. The van der Waals surface area contributed by atoms with Crippen molar-refractivity contribution in [3.8, 4) is 0 Å². The van der Waals surface area contributed by atoms with E-state index in [2.05, 4.69) is 4.98 Å². The molecule has 116 valence electrons. The summed E-state index contributed by atoms with van der Waals surface area (Å²) < 4.78 is 9.61. The van der Waals surface area contributed by atoms with Crippen LogP contribution >= 0.6 is 0 Å². The lowest BCUT2D eigenvalue weighted by atomic mass is 9.96. The minimum atomic E-state index is -0.476. The molecule has 1 aromatic heterocycles. The minimum absolute atomic E-state index is 0.0606. The van der Waals surface area contributed by atoms with E-state index >= 15 is 0 Å². The first-order valence-corrected chi connectivity index (χ1v) is 7.11. The molecule has 3 rings (SSSR count). The maximum Gasteiger partial charge on any atom is 0.323 e. The van der Waals surface area contributed by atoms with E-state index in [1.807, 2.05) is 24.3 Å². The van der Waals surface area contributed by atoms with Gasteiger partial charge in [-0.15, -0.1) is 0 Å². The van der Waals surface area contributed by atoms with E-state index in [-0.39, 0.29) is 18.5 Å². The molecule has 1 N–H and O–H groups in total. The lowest BCUT2D eigenvalue weighted by Gasteiger charge is -2.32. The normalized spacial score (nSPS) is 18.0. The first kappa shape index (κ1) is 14.6. The number of ether oxygens (including phenoxy) is 2. The van der Waals surface area contributed by atoms with E-state index in [1.54, 1.807) is 4.90 Å². The molecule has 0 fully saturated rings. The number of aromatic amines is 1. The zero-order chi connectivity index (χ0) is 15.7. The summed E-state index contributed by atoms with van der Waals surface area (Å²) in [5, 5.41) is 1.11. The van der Waals surface area contributed by atoms with Crippen molar-refractivity contribution in [2.75, 3.05) is 20.8 Å². The van der Waals surface area contributed by atoms with Crippen molar-refractivity contribution in [2.45, 2.75) is 19.0 Å². The van der Waals surface area contributed by atoms with Gasteiger partial charge in [0.1, 0.15) is 6.04 Å². The van der Waals surface area contributed by atoms with E-state index in [9.17, 15) is 9.59 Å². The molecule has 0 radical (unpaired) electrons. The Morgan fingerprint density at radius 2 is 2.05 bits per heavy atom. The largest absolute Gasteiger partial charge is 0.468 e. The number of carbonyl (C=O) groups is 2. The number of methoxy groups -OCH3 is 2. The predicted molar refractivity (Wildman–Crippen MR) is 80.2 cm³/mol. The molecule has 0 aliphatic carbocycles. The summed E-state index contributed by atoms with van der Waals surface area (Å²) >= 11 is 0. The van der Waals surface area contributed by atoms with Gasteiger partial charge in [0, 0.05) is 29.6 Å². The van der Waals surface area contributed by atoms with Crippen molar-refractivity contribution in [1.29, 1.82) is 0 Å². The molecule has 1 atom stereocenters.